The fourth-order valence-electron chi connectivity index (χ4n) is 6.40. The van der Waals surface area contributed by atoms with E-state index in [9.17, 15) is 4.79 Å². The minimum Gasteiger partial charge on any atom is -0.378 e. The Morgan fingerprint density at radius 1 is 1.00 bits per heavy atom. The molecular weight excluding hydrogens is 382 g/mol. The second kappa shape index (κ2) is 7.52. The van der Waals surface area contributed by atoms with Gasteiger partial charge in [-0.1, -0.05) is 30.3 Å². The first-order valence-corrected chi connectivity index (χ1v) is 11.4. The summed E-state index contributed by atoms with van der Waals surface area (Å²) in [6.45, 7) is 0.517. The van der Waals surface area contributed by atoms with Crippen molar-refractivity contribution in [2.75, 3.05) is 5.32 Å². The molecule has 2 N–H and O–H groups in total. The summed E-state index contributed by atoms with van der Waals surface area (Å²) >= 11 is 0. The lowest BCUT2D eigenvalue weighted by Crippen LogP contribution is -2.35. The number of hydrogen-bond donors (Lipinski definition) is 2. The molecule has 2 saturated carbocycles. The second-order valence-electron chi connectivity index (χ2n) is 9.31. The Morgan fingerprint density at radius 2 is 1.81 bits per heavy atom. The molecule has 0 radical (unpaired) electrons. The molecule has 0 unspecified atom stereocenters. The molecule has 156 valence electrons. The summed E-state index contributed by atoms with van der Waals surface area (Å²) in [5, 5.41) is 6.92. The number of carbonyl (C=O) groups excluding carboxylic acids is 1. The Kier molecular flexibility index (Phi) is 4.52. The molecule has 4 nitrogen and oxygen atoms in total. The Morgan fingerprint density at radius 3 is 2.65 bits per heavy atom. The average molecular weight is 410 g/mol. The van der Waals surface area contributed by atoms with Gasteiger partial charge in [0.25, 0.3) is 5.91 Å². The molecule has 3 aromatic rings. The van der Waals surface area contributed by atoms with E-state index in [-0.39, 0.29) is 5.91 Å². The fourth-order valence-corrected chi connectivity index (χ4v) is 6.40. The van der Waals surface area contributed by atoms with E-state index in [2.05, 4.69) is 58.1 Å². The number of rotatable bonds is 4. The van der Waals surface area contributed by atoms with Crippen LogP contribution in [0.4, 0.5) is 5.69 Å². The van der Waals surface area contributed by atoms with Gasteiger partial charge < -0.3 is 10.6 Å². The van der Waals surface area contributed by atoms with E-state index >= 15 is 0 Å². The number of nitrogens with zero attached hydrogens (tertiary/aromatic N) is 1. The summed E-state index contributed by atoms with van der Waals surface area (Å²) in [7, 11) is 0. The molecule has 0 spiro atoms. The van der Waals surface area contributed by atoms with Gasteiger partial charge in [-0.05, 0) is 90.0 Å². The zero-order chi connectivity index (χ0) is 20.8. The summed E-state index contributed by atoms with van der Waals surface area (Å²) in [6.07, 6.45) is 7.51. The first kappa shape index (κ1) is 18.6. The van der Waals surface area contributed by atoms with Gasteiger partial charge in [-0.2, -0.15) is 0 Å². The molecule has 6 rings (SSSR count). The molecule has 5 atom stereocenters. The predicted molar refractivity (Wildman–Crippen MR) is 122 cm³/mol. The van der Waals surface area contributed by atoms with E-state index in [0.29, 0.717) is 24.4 Å². The van der Waals surface area contributed by atoms with Crippen LogP contribution in [0, 0.1) is 17.8 Å². The van der Waals surface area contributed by atoms with Gasteiger partial charge in [0.1, 0.15) is 0 Å². The summed E-state index contributed by atoms with van der Waals surface area (Å²) in [6, 6.07) is 21.4. The van der Waals surface area contributed by atoms with Crippen molar-refractivity contribution in [3.63, 3.8) is 0 Å². The standard InChI is InChI=1S/C27H27N3O/c31-27(29-16-17-10-12-28-13-11-17)21-8-9-23-22(15-21)24-19-6-7-20(14-19)25(24)26(30-23)18-4-2-1-3-5-18/h1-5,8-13,15,19-20,24-26,30H,6-7,14,16H2,(H,29,31)/t19-,20-,24+,25+,26-/m0/s1. The Bertz CT molecular complexity index is 1100. The third-order valence-corrected chi connectivity index (χ3v) is 7.71. The van der Waals surface area contributed by atoms with E-state index in [0.717, 1.165) is 23.0 Å². The number of amides is 1. The van der Waals surface area contributed by atoms with Gasteiger partial charge in [0, 0.05) is 30.2 Å². The minimum absolute atomic E-state index is 0.00972. The third kappa shape index (κ3) is 3.21. The molecule has 1 amide bonds. The summed E-state index contributed by atoms with van der Waals surface area (Å²) in [5.41, 5.74) is 5.75. The van der Waals surface area contributed by atoms with Crippen LogP contribution < -0.4 is 10.6 Å². The molecular formula is C27H27N3O. The van der Waals surface area contributed by atoms with E-state index < -0.39 is 0 Å². The van der Waals surface area contributed by atoms with Crippen molar-refractivity contribution in [2.45, 2.75) is 37.8 Å². The normalized spacial score (nSPS) is 27.8. The number of anilines is 1. The zero-order valence-electron chi connectivity index (χ0n) is 17.5. The van der Waals surface area contributed by atoms with Gasteiger partial charge in [-0.15, -0.1) is 0 Å². The number of nitrogens with one attached hydrogen (secondary N) is 2. The van der Waals surface area contributed by atoms with Gasteiger partial charge >= 0.3 is 0 Å². The summed E-state index contributed by atoms with van der Waals surface area (Å²) in [5.74, 6) is 2.68. The maximum atomic E-state index is 12.9. The highest BCUT2D eigenvalue weighted by Gasteiger charge is 2.53. The van der Waals surface area contributed by atoms with Crippen molar-refractivity contribution >= 4 is 11.6 Å². The first-order chi connectivity index (χ1) is 15.3. The highest BCUT2D eigenvalue weighted by atomic mass is 16.1. The van der Waals surface area contributed by atoms with E-state index in [1.54, 1.807) is 12.4 Å². The molecule has 2 aromatic carbocycles. The first-order valence-electron chi connectivity index (χ1n) is 11.4. The quantitative estimate of drug-likeness (QED) is 0.614. The van der Waals surface area contributed by atoms with Gasteiger partial charge in [0.15, 0.2) is 0 Å². The van der Waals surface area contributed by atoms with Crippen LogP contribution in [-0.4, -0.2) is 10.9 Å². The number of fused-ring (bicyclic) bond motifs is 7. The third-order valence-electron chi connectivity index (χ3n) is 7.71. The molecule has 2 bridgehead atoms. The van der Waals surface area contributed by atoms with Crippen molar-refractivity contribution in [3.8, 4) is 0 Å². The van der Waals surface area contributed by atoms with Crippen LogP contribution in [0.1, 0.15) is 58.3 Å². The summed E-state index contributed by atoms with van der Waals surface area (Å²) in [4.78, 5) is 16.9. The molecule has 4 heteroatoms. The zero-order valence-corrected chi connectivity index (χ0v) is 17.5. The van der Waals surface area contributed by atoms with Gasteiger partial charge in [0.2, 0.25) is 0 Å². The van der Waals surface area contributed by atoms with E-state index in [4.69, 9.17) is 0 Å². The van der Waals surface area contributed by atoms with Crippen molar-refractivity contribution < 1.29 is 4.79 Å². The topological polar surface area (TPSA) is 54.0 Å². The van der Waals surface area contributed by atoms with Crippen LogP contribution >= 0.6 is 0 Å². The largest absolute Gasteiger partial charge is 0.378 e. The maximum absolute atomic E-state index is 12.9. The van der Waals surface area contributed by atoms with Crippen molar-refractivity contribution in [3.05, 3.63) is 95.3 Å². The lowest BCUT2D eigenvalue weighted by molar-refractivity contribution is 0.0950. The molecule has 0 saturated heterocycles. The molecule has 1 aliphatic heterocycles. The van der Waals surface area contributed by atoms with Crippen LogP contribution in [0.25, 0.3) is 0 Å². The lowest BCUT2D eigenvalue weighted by atomic mass is 9.68. The minimum atomic E-state index is -0.00972. The molecule has 2 heterocycles. The molecule has 31 heavy (non-hydrogen) atoms. The van der Waals surface area contributed by atoms with Crippen molar-refractivity contribution in [2.24, 2.45) is 17.8 Å². The van der Waals surface area contributed by atoms with E-state index in [1.807, 2.05) is 18.2 Å². The Hall–Kier alpha value is -3.14. The molecule has 2 fully saturated rings. The van der Waals surface area contributed by atoms with Gasteiger partial charge in [0.05, 0.1) is 6.04 Å². The SMILES string of the molecule is O=C(NCc1ccncc1)c1ccc2c(c1)[C@H]1[C@H]3CC[C@@H](C3)[C@H]1[C@H](c1ccccc1)N2. The van der Waals surface area contributed by atoms with Crippen LogP contribution in [0.2, 0.25) is 0 Å². The van der Waals surface area contributed by atoms with Crippen molar-refractivity contribution in [1.29, 1.82) is 0 Å². The number of carbonyl (C=O) groups is 1. The highest BCUT2D eigenvalue weighted by molar-refractivity contribution is 5.95. The maximum Gasteiger partial charge on any atom is 0.251 e. The average Bonchev–Trinajstić information content (AvgIpc) is 3.46. The molecule has 1 aromatic heterocycles. The monoisotopic (exact) mass is 409 g/mol. The fraction of sp³-hybridized carbons (Fsp3) is 0.333. The predicted octanol–water partition coefficient (Wildman–Crippen LogP) is 5.31. The number of benzene rings is 2. The number of aromatic nitrogens is 1. The number of hydrogen-bond acceptors (Lipinski definition) is 3. The molecule has 3 aliphatic rings. The number of pyridine rings is 1. The van der Waals surface area contributed by atoms with Crippen LogP contribution in [0.5, 0.6) is 0 Å². The van der Waals surface area contributed by atoms with Crippen molar-refractivity contribution in [1.82, 2.24) is 10.3 Å². The lowest BCUT2D eigenvalue weighted by Gasteiger charge is -2.43. The van der Waals surface area contributed by atoms with Crippen LogP contribution in [0.15, 0.2) is 73.1 Å². The van der Waals surface area contributed by atoms with Crippen LogP contribution in [-0.2, 0) is 6.54 Å². The molecule has 2 aliphatic carbocycles. The summed E-state index contributed by atoms with van der Waals surface area (Å²) < 4.78 is 0. The Balaban J connectivity index is 1.30. The second-order valence-corrected chi connectivity index (χ2v) is 9.31. The van der Waals surface area contributed by atoms with Gasteiger partial charge in [-0.3, -0.25) is 9.78 Å². The smallest absolute Gasteiger partial charge is 0.251 e. The highest BCUT2D eigenvalue weighted by Crippen LogP contribution is 2.63. The Labute approximate surface area is 183 Å². The van der Waals surface area contributed by atoms with Gasteiger partial charge in [-0.25, -0.2) is 0 Å². The van der Waals surface area contributed by atoms with Crippen LogP contribution in [0.3, 0.4) is 0 Å². The van der Waals surface area contributed by atoms with E-state index in [1.165, 1.54) is 36.1 Å².